The van der Waals surface area contributed by atoms with E-state index in [-0.39, 0.29) is 17.2 Å². The molecule has 0 spiro atoms. The van der Waals surface area contributed by atoms with E-state index in [1.807, 2.05) is 6.07 Å². The second-order valence-corrected chi connectivity index (χ2v) is 6.19. The van der Waals surface area contributed by atoms with Crippen molar-refractivity contribution in [1.29, 1.82) is 0 Å². The van der Waals surface area contributed by atoms with Gasteiger partial charge in [0.15, 0.2) is 0 Å². The third kappa shape index (κ3) is 3.85. The van der Waals surface area contributed by atoms with Crippen molar-refractivity contribution in [1.82, 2.24) is 0 Å². The highest BCUT2D eigenvalue weighted by molar-refractivity contribution is 6.31. The lowest BCUT2D eigenvalue weighted by Gasteiger charge is -2.16. The van der Waals surface area contributed by atoms with Gasteiger partial charge in [-0.3, -0.25) is 0 Å². The monoisotopic (exact) mass is 361 g/mol. The number of anilines is 1. The lowest BCUT2D eigenvalue weighted by atomic mass is 9.93. The molecule has 0 amide bonds. The van der Waals surface area contributed by atoms with Gasteiger partial charge in [-0.05, 0) is 41.8 Å². The minimum atomic E-state index is -4.70. The second kappa shape index (κ2) is 6.13. The predicted molar refractivity (Wildman–Crippen MR) is 84.3 cm³/mol. The van der Waals surface area contributed by atoms with Gasteiger partial charge >= 0.3 is 6.36 Å². The van der Waals surface area contributed by atoms with Crippen LogP contribution in [0.4, 0.5) is 18.9 Å². The van der Waals surface area contributed by atoms with Crippen molar-refractivity contribution in [3.63, 3.8) is 0 Å². The highest BCUT2D eigenvalue weighted by Gasteiger charge is 2.32. The van der Waals surface area contributed by atoms with Crippen molar-refractivity contribution in [2.45, 2.75) is 24.2 Å². The number of alkyl halides is 4. The van der Waals surface area contributed by atoms with Crippen LogP contribution in [0.25, 0.3) is 0 Å². The summed E-state index contributed by atoms with van der Waals surface area (Å²) in [5.41, 5.74) is 2.21. The standard InChI is InChI=1S/C16H12Cl2F3NO/c17-10-4-5-12-13(15(18)22-14(12)8-10)7-9-2-1-3-11(6-9)23-16(19,20)21/h1-6,8,13,15,22H,7H2. The van der Waals surface area contributed by atoms with Crippen molar-refractivity contribution in [2.75, 3.05) is 5.32 Å². The number of hydrogen-bond donors (Lipinski definition) is 1. The van der Waals surface area contributed by atoms with Gasteiger partial charge in [0.25, 0.3) is 0 Å². The minimum Gasteiger partial charge on any atom is -0.406 e. The van der Waals surface area contributed by atoms with Crippen molar-refractivity contribution in [3.8, 4) is 5.75 Å². The molecule has 0 saturated carbocycles. The Morgan fingerprint density at radius 2 is 1.91 bits per heavy atom. The minimum absolute atomic E-state index is 0.0647. The molecule has 2 unspecified atom stereocenters. The van der Waals surface area contributed by atoms with E-state index in [4.69, 9.17) is 23.2 Å². The molecule has 2 atom stereocenters. The van der Waals surface area contributed by atoms with E-state index in [9.17, 15) is 13.2 Å². The molecule has 1 aliphatic rings. The molecule has 2 aromatic rings. The molecule has 0 saturated heterocycles. The van der Waals surface area contributed by atoms with Crippen LogP contribution in [0.2, 0.25) is 5.02 Å². The van der Waals surface area contributed by atoms with Crippen LogP contribution in [0, 0.1) is 0 Å². The van der Waals surface area contributed by atoms with Gasteiger partial charge in [-0.15, -0.1) is 13.2 Å². The zero-order chi connectivity index (χ0) is 16.6. The predicted octanol–water partition coefficient (Wildman–Crippen LogP) is 5.56. The van der Waals surface area contributed by atoms with E-state index in [1.54, 1.807) is 18.2 Å². The van der Waals surface area contributed by atoms with Crippen LogP contribution in [0.15, 0.2) is 42.5 Å². The molecule has 2 aromatic carbocycles. The summed E-state index contributed by atoms with van der Waals surface area (Å²) in [5.74, 6) is -0.298. The maximum absolute atomic E-state index is 12.3. The fraction of sp³-hybridized carbons (Fsp3) is 0.250. The molecule has 1 aliphatic heterocycles. The first kappa shape index (κ1) is 16.3. The number of hydrogen-bond acceptors (Lipinski definition) is 2. The lowest BCUT2D eigenvalue weighted by molar-refractivity contribution is -0.274. The van der Waals surface area contributed by atoms with Crippen LogP contribution >= 0.6 is 23.2 Å². The van der Waals surface area contributed by atoms with Crippen LogP contribution in [0.3, 0.4) is 0 Å². The first-order valence-corrected chi connectivity index (χ1v) is 7.68. The number of halogens is 5. The summed E-state index contributed by atoms with van der Waals surface area (Å²) in [6.07, 6.45) is -4.21. The maximum atomic E-state index is 12.3. The lowest BCUT2D eigenvalue weighted by Crippen LogP contribution is -2.17. The molecular weight excluding hydrogens is 350 g/mol. The van der Waals surface area contributed by atoms with Crippen LogP contribution < -0.4 is 10.1 Å². The molecule has 3 rings (SSSR count). The summed E-state index contributed by atoms with van der Waals surface area (Å²) in [7, 11) is 0. The van der Waals surface area contributed by atoms with Gasteiger partial charge in [-0.2, -0.15) is 0 Å². The SMILES string of the molecule is FC(F)(F)Oc1cccc(CC2c3ccc(Cl)cc3NC2Cl)c1. The van der Waals surface area contributed by atoms with Crippen LogP contribution in [0.5, 0.6) is 5.75 Å². The Morgan fingerprint density at radius 1 is 1.13 bits per heavy atom. The third-order valence-electron chi connectivity index (χ3n) is 3.65. The van der Waals surface area contributed by atoms with Gasteiger partial charge in [0.2, 0.25) is 0 Å². The van der Waals surface area contributed by atoms with Gasteiger partial charge in [0.05, 0.1) is 0 Å². The normalized spacial score (nSPS) is 20.0. The molecular formula is C16H12Cl2F3NO. The molecule has 2 nitrogen and oxygen atoms in total. The Morgan fingerprint density at radius 3 is 2.65 bits per heavy atom. The zero-order valence-electron chi connectivity index (χ0n) is 11.7. The van der Waals surface area contributed by atoms with Crippen LogP contribution in [-0.2, 0) is 6.42 Å². The molecule has 7 heteroatoms. The summed E-state index contributed by atoms with van der Waals surface area (Å²) < 4.78 is 40.9. The van der Waals surface area contributed by atoms with Gasteiger partial charge < -0.3 is 10.1 Å². The summed E-state index contributed by atoms with van der Waals surface area (Å²) >= 11 is 12.3. The number of benzene rings is 2. The average Bonchev–Trinajstić information content (AvgIpc) is 2.73. The average molecular weight is 362 g/mol. The Kier molecular flexibility index (Phi) is 4.34. The van der Waals surface area contributed by atoms with Crippen LogP contribution in [0.1, 0.15) is 17.0 Å². The molecule has 23 heavy (non-hydrogen) atoms. The number of rotatable bonds is 3. The zero-order valence-corrected chi connectivity index (χ0v) is 13.2. The highest BCUT2D eigenvalue weighted by atomic mass is 35.5. The van der Waals surface area contributed by atoms with Gasteiger partial charge in [0.1, 0.15) is 11.3 Å². The molecule has 1 heterocycles. The topological polar surface area (TPSA) is 21.3 Å². The van der Waals surface area contributed by atoms with E-state index in [0.29, 0.717) is 17.0 Å². The Labute approximate surface area is 141 Å². The van der Waals surface area contributed by atoms with Crippen LogP contribution in [-0.4, -0.2) is 11.9 Å². The number of ether oxygens (including phenoxy) is 1. The third-order valence-corrected chi connectivity index (χ3v) is 4.30. The number of fused-ring (bicyclic) bond motifs is 1. The van der Waals surface area contributed by atoms with Crippen molar-refractivity contribution >= 4 is 28.9 Å². The fourth-order valence-electron chi connectivity index (χ4n) is 2.72. The van der Waals surface area contributed by atoms with Gasteiger partial charge in [-0.25, -0.2) is 0 Å². The molecule has 0 radical (unpaired) electrons. The van der Waals surface area contributed by atoms with Gasteiger partial charge in [0, 0.05) is 16.6 Å². The quantitative estimate of drug-likeness (QED) is 0.571. The first-order chi connectivity index (χ1) is 10.8. The largest absolute Gasteiger partial charge is 0.573 e. The summed E-state index contributed by atoms with van der Waals surface area (Å²) in [4.78, 5) is 0. The van der Waals surface area contributed by atoms with Crippen molar-refractivity contribution in [3.05, 3.63) is 58.6 Å². The number of nitrogens with one attached hydrogen (secondary N) is 1. The van der Waals surface area contributed by atoms with E-state index in [2.05, 4.69) is 10.1 Å². The summed E-state index contributed by atoms with van der Waals surface area (Å²) in [5, 5.41) is 3.73. The molecule has 0 bridgehead atoms. The molecule has 122 valence electrons. The van der Waals surface area contributed by atoms with E-state index in [1.165, 1.54) is 18.2 Å². The molecule has 1 N–H and O–H groups in total. The molecule has 0 aliphatic carbocycles. The fourth-order valence-corrected chi connectivity index (χ4v) is 3.24. The van der Waals surface area contributed by atoms with E-state index >= 15 is 0 Å². The Bertz CT molecular complexity index is 721. The molecule has 0 fully saturated rings. The second-order valence-electron chi connectivity index (χ2n) is 5.28. The highest BCUT2D eigenvalue weighted by Crippen LogP contribution is 2.41. The summed E-state index contributed by atoms with van der Waals surface area (Å²) in [6, 6.07) is 11.4. The Hall–Kier alpha value is -1.59. The Balaban J connectivity index is 1.81. The van der Waals surface area contributed by atoms with Gasteiger partial charge in [-0.1, -0.05) is 41.4 Å². The summed E-state index contributed by atoms with van der Waals surface area (Å²) in [6.45, 7) is 0. The molecule has 0 aromatic heterocycles. The smallest absolute Gasteiger partial charge is 0.406 e. The van der Waals surface area contributed by atoms with Crippen molar-refractivity contribution in [2.24, 2.45) is 0 Å². The van der Waals surface area contributed by atoms with Crippen molar-refractivity contribution < 1.29 is 17.9 Å². The van der Waals surface area contributed by atoms with E-state index < -0.39 is 6.36 Å². The maximum Gasteiger partial charge on any atom is 0.573 e. The van der Waals surface area contributed by atoms with E-state index in [0.717, 1.165) is 11.3 Å². The first-order valence-electron chi connectivity index (χ1n) is 6.86.